The summed E-state index contributed by atoms with van der Waals surface area (Å²) >= 11 is 3.70. The molecule has 1 saturated heterocycles. The van der Waals surface area contributed by atoms with Crippen molar-refractivity contribution in [1.82, 2.24) is 15.5 Å². The van der Waals surface area contributed by atoms with Gasteiger partial charge < -0.3 is 10.6 Å². The fraction of sp³-hybridized carbons (Fsp3) is 0.526. The molecule has 2 N–H and O–H groups in total. The molecule has 1 aliphatic heterocycles. The Kier molecular flexibility index (Phi) is 6.90. The molecule has 25 heavy (non-hydrogen) atoms. The van der Waals surface area contributed by atoms with Crippen LogP contribution in [0.5, 0.6) is 0 Å². The average molecular weight is 377 g/mol. The van der Waals surface area contributed by atoms with Gasteiger partial charge in [0.25, 0.3) is 0 Å². The Hall–Kier alpha value is -1.37. The number of nitrogens with zero attached hydrogens (tertiary/aromatic N) is 2. The van der Waals surface area contributed by atoms with Crippen LogP contribution in [-0.2, 0) is 13.1 Å². The molecule has 136 valence electrons. The summed E-state index contributed by atoms with van der Waals surface area (Å²) in [5.41, 5.74) is 0. The number of aliphatic imine (C=N–C) groups is 1. The van der Waals surface area contributed by atoms with Crippen molar-refractivity contribution in [3.63, 3.8) is 0 Å². The fourth-order valence-electron chi connectivity index (χ4n) is 3.18. The summed E-state index contributed by atoms with van der Waals surface area (Å²) < 4.78 is 0. The number of thiophene rings is 2. The lowest BCUT2D eigenvalue weighted by Gasteiger charge is -2.32. The zero-order valence-electron chi connectivity index (χ0n) is 15.1. The molecule has 2 aromatic rings. The van der Waals surface area contributed by atoms with E-state index >= 15 is 0 Å². The van der Waals surface area contributed by atoms with Crippen molar-refractivity contribution in [3.8, 4) is 0 Å². The maximum absolute atomic E-state index is 4.35. The first-order valence-corrected chi connectivity index (χ1v) is 10.7. The summed E-state index contributed by atoms with van der Waals surface area (Å²) in [6.45, 7) is 7.51. The number of hydrogen-bond donors (Lipinski definition) is 2. The van der Waals surface area contributed by atoms with Crippen molar-refractivity contribution in [2.24, 2.45) is 10.9 Å². The molecular weight excluding hydrogens is 348 g/mol. The van der Waals surface area contributed by atoms with E-state index in [1.165, 1.54) is 40.6 Å². The van der Waals surface area contributed by atoms with Crippen molar-refractivity contribution >= 4 is 28.6 Å². The summed E-state index contributed by atoms with van der Waals surface area (Å²) in [6.07, 6.45) is 2.53. The highest BCUT2D eigenvalue weighted by Gasteiger charge is 2.19. The molecular formula is C19H28N4S2. The first kappa shape index (κ1) is 18.4. The van der Waals surface area contributed by atoms with Crippen LogP contribution in [-0.4, -0.2) is 37.5 Å². The first-order valence-electron chi connectivity index (χ1n) is 8.97. The van der Waals surface area contributed by atoms with Crippen LogP contribution in [0.1, 0.15) is 27.5 Å². The lowest BCUT2D eigenvalue weighted by Crippen LogP contribution is -2.42. The van der Waals surface area contributed by atoms with E-state index in [0.717, 1.165) is 31.5 Å². The number of guanidine groups is 1. The molecule has 6 heteroatoms. The normalized spacial score (nSPS) is 17.0. The summed E-state index contributed by atoms with van der Waals surface area (Å²) in [7, 11) is 1.85. The maximum Gasteiger partial charge on any atom is 0.191 e. The van der Waals surface area contributed by atoms with E-state index in [-0.39, 0.29) is 0 Å². The molecule has 0 aliphatic carbocycles. The van der Waals surface area contributed by atoms with Crippen molar-refractivity contribution in [3.05, 3.63) is 44.3 Å². The number of likely N-dealkylation sites (tertiary alicyclic amines) is 1. The Bertz CT molecular complexity index is 655. The zero-order valence-corrected chi connectivity index (χ0v) is 16.8. The number of aryl methyl sites for hydroxylation is 1. The molecule has 0 bridgehead atoms. The molecule has 0 atom stereocenters. The van der Waals surface area contributed by atoms with E-state index in [4.69, 9.17) is 0 Å². The van der Waals surface area contributed by atoms with Crippen molar-refractivity contribution < 1.29 is 0 Å². The number of rotatable bonds is 6. The van der Waals surface area contributed by atoms with Crippen molar-refractivity contribution in [2.75, 3.05) is 26.7 Å². The van der Waals surface area contributed by atoms with E-state index < -0.39 is 0 Å². The maximum atomic E-state index is 4.35. The standard InChI is InChI=1S/C19H28N4S2/c1-15-5-6-17(25-15)13-22-19(20-2)21-12-16-7-9-23(10-8-16)14-18-4-3-11-24-18/h3-6,11,16H,7-10,12-14H2,1-2H3,(H2,20,21,22). The predicted molar refractivity (Wildman–Crippen MR) is 110 cm³/mol. The Balaban J connectivity index is 1.35. The predicted octanol–water partition coefficient (Wildman–Crippen LogP) is 3.70. The minimum atomic E-state index is 0.738. The Morgan fingerprint density at radius 2 is 2.04 bits per heavy atom. The average Bonchev–Trinajstić information content (AvgIpc) is 3.28. The smallest absolute Gasteiger partial charge is 0.191 e. The molecule has 0 aromatic carbocycles. The van der Waals surface area contributed by atoms with Crippen molar-refractivity contribution in [1.29, 1.82) is 0 Å². The first-order chi connectivity index (χ1) is 12.2. The second-order valence-electron chi connectivity index (χ2n) is 6.62. The highest BCUT2D eigenvalue weighted by molar-refractivity contribution is 7.11. The largest absolute Gasteiger partial charge is 0.356 e. The van der Waals surface area contributed by atoms with Gasteiger partial charge in [0.2, 0.25) is 0 Å². The molecule has 0 spiro atoms. The van der Waals surface area contributed by atoms with E-state index in [9.17, 15) is 0 Å². The van der Waals surface area contributed by atoms with Gasteiger partial charge in [-0.25, -0.2) is 0 Å². The topological polar surface area (TPSA) is 39.7 Å². The summed E-state index contributed by atoms with van der Waals surface area (Å²) in [5.74, 6) is 1.65. The van der Waals surface area contributed by atoms with Gasteiger partial charge in [0.15, 0.2) is 5.96 Å². The van der Waals surface area contributed by atoms with Gasteiger partial charge in [0.05, 0.1) is 6.54 Å². The Morgan fingerprint density at radius 3 is 2.68 bits per heavy atom. The van der Waals surface area contributed by atoms with E-state index in [1.807, 2.05) is 29.7 Å². The number of nitrogens with one attached hydrogen (secondary N) is 2. The van der Waals surface area contributed by atoms with Crippen LogP contribution in [0.4, 0.5) is 0 Å². The fourth-order valence-corrected chi connectivity index (χ4v) is 4.76. The molecule has 1 fully saturated rings. The third-order valence-electron chi connectivity index (χ3n) is 4.67. The van der Waals surface area contributed by atoms with Gasteiger partial charge in [0, 0.05) is 34.8 Å². The molecule has 4 nitrogen and oxygen atoms in total. The minimum absolute atomic E-state index is 0.738. The van der Waals surface area contributed by atoms with Gasteiger partial charge in [0.1, 0.15) is 0 Å². The summed E-state index contributed by atoms with van der Waals surface area (Å²) in [4.78, 5) is 11.1. The van der Waals surface area contributed by atoms with Crippen LogP contribution in [0.3, 0.4) is 0 Å². The summed E-state index contributed by atoms with van der Waals surface area (Å²) in [5, 5.41) is 9.09. The second-order valence-corrected chi connectivity index (χ2v) is 9.02. The third kappa shape index (κ3) is 5.83. The van der Waals surface area contributed by atoms with Crippen LogP contribution in [0.25, 0.3) is 0 Å². The molecule has 1 aliphatic rings. The van der Waals surface area contributed by atoms with Crippen LogP contribution in [0.2, 0.25) is 0 Å². The molecule has 3 heterocycles. The second kappa shape index (κ2) is 9.36. The Labute approximate surface area is 159 Å². The monoisotopic (exact) mass is 376 g/mol. The van der Waals surface area contributed by atoms with E-state index in [1.54, 1.807) is 0 Å². The van der Waals surface area contributed by atoms with Gasteiger partial charge in [-0.05, 0) is 62.4 Å². The molecule has 0 amide bonds. The molecule has 0 unspecified atom stereocenters. The van der Waals surface area contributed by atoms with Gasteiger partial charge in [-0.15, -0.1) is 22.7 Å². The van der Waals surface area contributed by atoms with Gasteiger partial charge in [-0.2, -0.15) is 0 Å². The van der Waals surface area contributed by atoms with Crippen LogP contribution in [0.15, 0.2) is 34.6 Å². The molecule has 0 radical (unpaired) electrons. The van der Waals surface area contributed by atoms with Crippen molar-refractivity contribution in [2.45, 2.75) is 32.9 Å². The highest BCUT2D eigenvalue weighted by Crippen LogP contribution is 2.20. The lowest BCUT2D eigenvalue weighted by molar-refractivity contribution is 0.179. The SMILES string of the molecule is CN=C(NCc1ccc(C)s1)NCC1CCN(Cc2cccs2)CC1. The highest BCUT2D eigenvalue weighted by atomic mass is 32.1. The lowest BCUT2D eigenvalue weighted by atomic mass is 9.97. The molecule has 3 rings (SSSR count). The third-order valence-corrected chi connectivity index (χ3v) is 6.54. The zero-order chi connectivity index (χ0) is 17.5. The minimum Gasteiger partial charge on any atom is -0.356 e. The summed E-state index contributed by atoms with van der Waals surface area (Å²) in [6, 6.07) is 8.74. The number of hydrogen-bond acceptors (Lipinski definition) is 4. The molecule has 0 saturated carbocycles. The van der Waals surface area contributed by atoms with Crippen LogP contribution >= 0.6 is 22.7 Å². The molecule has 2 aromatic heterocycles. The number of piperidine rings is 1. The Morgan fingerprint density at radius 1 is 1.20 bits per heavy atom. The van der Waals surface area contributed by atoms with E-state index in [2.05, 4.69) is 57.1 Å². The quantitative estimate of drug-likeness (QED) is 0.597. The van der Waals surface area contributed by atoms with Gasteiger partial charge in [-0.1, -0.05) is 6.07 Å². The van der Waals surface area contributed by atoms with Crippen LogP contribution in [0, 0.1) is 12.8 Å². The van der Waals surface area contributed by atoms with Crippen LogP contribution < -0.4 is 10.6 Å². The van der Waals surface area contributed by atoms with Gasteiger partial charge in [-0.3, -0.25) is 9.89 Å². The van der Waals surface area contributed by atoms with Gasteiger partial charge >= 0.3 is 0 Å². The van der Waals surface area contributed by atoms with E-state index in [0.29, 0.717) is 0 Å².